The molecule has 2 aromatic carbocycles. The first-order chi connectivity index (χ1) is 14.0. The van der Waals surface area contributed by atoms with Crippen LogP contribution in [0.25, 0.3) is 0 Å². The number of para-hydroxylation sites is 2. The lowest BCUT2D eigenvalue weighted by molar-refractivity contribution is -0.384. The highest BCUT2D eigenvalue weighted by Gasteiger charge is 2.25. The maximum absolute atomic E-state index is 12.5. The van der Waals surface area contributed by atoms with Gasteiger partial charge in [-0.1, -0.05) is 23.7 Å². The molecule has 1 fully saturated rings. The molecule has 0 spiro atoms. The number of benzene rings is 2. The van der Waals surface area contributed by atoms with E-state index in [4.69, 9.17) is 16.3 Å². The van der Waals surface area contributed by atoms with Gasteiger partial charge in [-0.05, 0) is 43.2 Å². The number of amides is 1. The number of nitro benzene ring substituents is 1. The SMILES string of the molecule is Cc1cc(Cl)ccc1OCCCC(=O)N1CCN(c2ccccc2[N+](=O)[O-])CC1. The van der Waals surface area contributed by atoms with Gasteiger partial charge in [0.2, 0.25) is 5.91 Å². The number of halogens is 1. The number of ether oxygens (including phenoxy) is 1. The Hall–Kier alpha value is -2.80. The van der Waals surface area contributed by atoms with Crippen molar-refractivity contribution in [2.24, 2.45) is 0 Å². The van der Waals surface area contributed by atoms with Crippen molar-refractivity contribution in [1.29, 1.82) is 0 Å². The molecule has 0 atom stereocenters. The minimum Gasteiger partial charge on any atom is -0.493 e. The van der Waals surface area contributed by atoms with Crippen molar-refractivity contribution >= 4 is 28.9 Å². The van der Waals surface area contributed by atoms with Gasteiger partial charge < -0.3 is 14.5 Å². The molecule has 1 saturated heterocycles. The lowest BCUT2D eigenvalue weighted by atomic mass is 10.2. The molecule has 1 aliphatic heterocycles. The Labute approximate surface area is 175 Å². The standard InChI is InChI=1S/C21H24ClN3O4/c1-16-15-17(22)8-9-20(16)29-14-4-7-21(26)24-12-10-23(11-13-24)18-5-2-3-6-19(18)25(27)28/h2-3,5-6,8-9,15H,4,7,10-14H2,1H3. The summed E-state index contributed by atoms with van der Waals surface area (Å²) in [6, 6.07) is 12.2. The summed E-state index contributed by atoms with van der Waals surface area (Å²) in [6.07, 6.45) is 1.05. The van der Waals surface area contributed by atoms with Gasteiger partial charge in [-0.15, -0.1) is 0 Å². The molecule has 0 aromatic heterocycles. The van der Waals surface area contributed by atoms with E-state index in [2.05, 4.69) is 0 Å². The zero-order valence-electron chi connectivity index (χ0n) is 16.3. The van der Waals surface area contributed by atoms with Crippen LogP contribution in [0, 0.1) is 17.0 Å². The Kier molecular flexibility index (Phi) is 6.93. The fraction of sp³-hybridized carbons (Fsp3) is 0.381. The summed E-state index contributed by atoms with van der Waals surface area (Å²) in [5.74, 6) is 0.864. The van der Waals surface area contributed by atoms with Crippen LogP contribution < -0.4 is 9.64 Å². The van der Waals surface area contributed by atoms with E-state index in [0.717, 1.165) is 11.3 Å². The van der Waals surface area contributed by atoms with Crippen LogP contribution in [0.3, 0.4) is 0 Å². The molecular formula is C21H24ClN3O4. The normalized spacial score (nSPS) is 14.0. The zero-order valence-corrected chi connectivity index (χ0v) is 17.1. The molecular weight excluding hydrogens is 394 g/mol. The Bertz CT molecular complexity index is 882. The molecule has 1 amide bonds. The molecule has 7 nitrogen and oxygen atoms in total. The first-order valence-corrected chi connectivity index (χ1v) is 9.98. The largest absolute Gasteiger partial charge is 0.493 e. The third kappa shape index (κ3) is 5.38. The minimum absolute atomic E-state index is 0.0867. The number of nitro groups is 1. The van der Waals surface area contributed by atoms with Gasteiger partial charge in [0.25, 0.3) is 5.69 Å². The molecule has 0 N–H and O–H groups in total. The van der Waals surface area contributed by atoms with Crippen molar-refractivity contribution in [3.05, 3.63) is 63.2 Å². The van der Waals surface area contributed by atoms with E-state index in [1.54, 1.807) is 24.3 Å². The van der Waals surface area contributed by atoms with E-state index in [1.165, 1.54) is 6.07 Å². The smallest absolute Gasteiger partial charge is 0.292 e. The molecule has 154 valence electrons. The second-order valence-electron chi connectivity index (χ2n) is 6.98. The van der Waals surface area contributed by atoms with E-state index in [-0.39, 0.29) is 16.5 Å². The molecule has 2 aromatic rings. The first kappa shape index (κ1) is 20.9. The van der Waals surface area contributed by atoms with Crippen molar-refractivity contribution in [2.75, 3.05) is 37.7 Å². The summed E-state index contributed by atoms with van der Waals surface area (Å²) in [5.41, 5.74) is 1.67. The third-order valence-corrected chi connectivity index (χ3v) is 5.22. The summed E-state index contributed by atoms with van der Waals surface area (Å²) in [7, 11) is 0. The van der Waals surface area contributed by atoms with Crippen molar-refractivity contribution in [3.63, 3.8) is 0 Å². The van der Waals surface area contributed by atoms with E-state index in [0.29, 0.717) is 56.3 Å². The van der Waals surface area contributed by atoms with Gasteiger partial charge >= 0.3 is 0 Å². The van der Waals surface area contributed by atoms with Gasteiger partial charge in [-0.25, -0.2) is 0 Å². The quantitative estimate of drug-likeness (QED) is 0.385. The molecule has 0 radical (unpaired) electrons. The summed E-state index contributed by atoms with van der Waals surface area (Å²) in [6.45, 7) is 4.67. The highest BCUT2D eigenvalue weighted by atomic mass is 35.5. The number of anilines is 1. The van der Waals surface area contributed by atoms with Crippen molar-refractivity contribution < 1.29 is 14.5 Å². The molecule has 3 rings (SSSR count). The fourth-order valence-corrected chi connectivity index (χ4v) is 3.65. The lowest BCUT2D eigenvalue weighted by Crippen LogP contribution is -2.49. The molecule has 8 heteroatoms. The molecule has 0 saturated carbocycles. The topological polar surface area (TPSA) is 75.9 Å². The predicted molar refractivity (Wildman–Crippen MR) is 113 cm³/mol. The number of carbonyl (C=O) groups is 1. The molecule has 29 heavy (non-hydrogen) atoms. The van der Waals surface area contributed by atoms with Crippen LogP contribution in [0.1, 0.15) is 18.4 Å². The summed E-state index contributed by atoms with van der Waals surface area (Å²) < 4.78 is 5.74. The van der Waals surface area contributed by atoms with Gasteiger partial charge in [-0.3, -0.25) is 14.9 Å². The number of aryl methyl sites for hydroxylation is 1. The highest BCUT2D eigenvalue weighted by Crippen LogP contribution is 2.28. The van der Waals surface area contributed by atoms with Crippen LogP contribution in [0.5, 0.6) is 5.75 Å². The second-order valence-corrected chi connectivity index (χ2v) is 7.41. The summed E-state index contributed by atoms with van der Waals surface area (Å²) in [5, 5.41) is 11.9. The van der Waals surface area contributed by atoms with Gasteiger partial charge in [0.05, 0.1) is 11.5 Å². The number of piperazine rings is 1. The van der Waals surface area contributed by atoms with Gasteiger partial charge in [0.15, 0.2) is 0 Å². The maximum Gasteiger partial charge on any atom is 0.292 e. The first-order valence-electron chi connectivity index (χ1n) is 9.61. The van der Waals surface area contributed by atoms with Gasteiger partial charge in [-0.2, -0.15) is 0 Å². The number of carbonyl (C=O) groups excluding carboxylic acids is 1. The van der Waals surface area contributed by atoms with Crippen LogP contribution in [0.2, 0.25) is 5.02 Å². The molecule has 1 aliphatic rings. The number of rotatable bonds is 7. The third-order valence-electron chi connectivity index (χ3n) is 4.98. The van der Waals surface area contributed by atoms with E-state index < -0.39 is 0 Å². The average molecular weight is 418 g/mol. The van der Waals surface area contributed by atoms with Crippen molar-refractivity contribution in [2.45, 2.75) is 19.8 Å². The predicted octanol–water partition coefficient (Wildman–Crippen LogP) is 4.06. The molecule has 1 heterocycles. The molecule has 0 aliphatic carbocycles. The Morgan fingerprint density at radius 3 is 2.59 bits per heavy atom. The van der Waals surface area contributed by atoms with Crippen molar-refractivity contribution in [1.82, 2.24) is 4.90 Å². The number of nitrogens with zero attached hydrogens (tertiary/aromatic N) is 3. The minimum atomic E-state index is -0.366. The summed E-state index contributed by atoms with van der Waals surface area (Å²) >= 11 is 5.94. The maximum atomic E-state index is 12.5. The van der Waals surface area contributed by atoms with Crippen LogP contribution in [0.15, 0.2) is 42.5 Å². The van der Waals surface area contributed by atoms with E-state index in [9.17, 15) is 14.9 Å². The average Bonchev–Trinajstić information content (AvgIpc) is 2.72. The van der Waals surface area contributed by atoms with Crippen molar-refractivity contribution in [3.8, 4) is 5.75 Å². The zero-order chi connectivity index (χ0) is 20.8. The number of hydrogen-bond acceptors (Lipinski definition) is 5. The van der Waals surface area contributed by atoms with Crippen LogP contribution in [0.4, 0.5) is 11.4 Å². The van der Waals surface area contributed by atoms with Crippen LogP contribution in [-0.2, 0) is 4.79 Å². The Balaban J connectivity index is 1.44. The Morgan fingerprint density at radius 2 is 1.90 bits per heavy atom. The summed E-state index contributed by atoms with van der Waals surface area (Å²) in [4.78, 5) is 27.1. The Morgan fingerprint density at radius 1 is 1.17 bits per heavy atom. The molecule has 0 bridgehead atoms. The number of hydrogen-bond donors (Lipinski definition) is 0. The van der Waals surface area contributed by atoms with E-state index >= 15 is 0 Å². The monoisotopic (exact) mass is 417 g/mol. The lowest BCUT2D eigenvalue weighted by Gasteiger charge is -2.35. The van der Waals surface area contributed by atoms with Crippen LogP contribution in [-0.4, -0.2) is 48.5 Å². The fourth-order valence-electron chi connectivity index (χ4n) is 3.42. The molecule has 0 unspecified atom stereocenters. The van der Waals surface area contributed by atoms with Gasteiger partial charge in [0, 0.05) is 43.7 Å². The van der Waals surface area contributed by atoms with Crippen LogP contribution >= 0.6 is 11.6 Å². The second kappa shape index (κ2) is 9.60. The van der Waals surface area contributed by atoms with Gasteiger partial charge in [0.1, 0.15) is 11.4 Å². The van der Waals surface area contributed by atoms with E-state index in [1.807, 2.05) is 28.9 Å². The highest BCUT2D eigenvalue weighted by molar-refractivity contribution is 6.30.